The number of imide groups is 1. The molecule has 0 bridgehead atoms. The minimum absolute atomic E-state index is 0.116. The first-order valence-corrected chi connectivity index (χ1v) is 10.3. The standard InChI is InChI=1S/C23H25N3O4/c1-15-8-10-18-19(12-15)23(28)25(22(18)27)17-9-11-20(21(13-17)26(29)30)24(2)14-16-6-4-3-5-7-16/h3-7,9,11,13,15,18-19H,8,10,12,14H2,1-2H3/t15-,18-,19-/m1/s1. The first-order chi connectivity index (χ1) is 14.4. The zero-order valence-corrected chi connectivity index (χ0v) is 17.2. The van der Waals surface area contributed by atoms with E-state index in [9.17, 15) is 19.7 Å². The van der Waals surface area contributed by atoms with E-state index >= 15 is 0 Å². The van der Waals surface area contributed by atoms with Crippen LogP contribution in [0.4, 0.5) is 17.1 Å². The highest BCUT2D eigenvalue weighted by atomic mass is 16.6. The van der Waals surface area contributed by atoms with Gasteiger partial charge >= 0.3 is 0 Å². The van der Waals surface area contributed by atoms with Gasteiger partial charge in [-0.3, -0.25) is 19.7 Å². The van der Waals surface area contributed by atoms with Crippen molar-refractivity contribution in [1.29, 1.82) is 0 Å². The fourth-order valence-corrected chi connectivity index (χ4v) is 4.71. The number of carbonyl (C=O) groups is 2. The molecule has 30 heavy (non-hydrogen) atoms. The van der Waals surface area contributed by atoms with Crippen LogP contribution in [-0.2, 0) is 16.1 Å². The number of anilines is 2. The number of rotatable bonds is 5. The SMILES string of the molecule is C[C@@H]1CC[C@H]2C(=O)N(c3ccc(N(C)Cc4ccccc4)c([N+](=O)[O-])c3)C(=O)[C@@H]2C1. The number of fused-ring (bicyclic) bond motifs is 1. The normalized spacial score (nSPS) is 23.4. The first-order valence-electron chi connectivity index (χ1n) is 10.3. The average molecular weight is 407 g/mol. The van der Waals surface area contributed by atoms with E-state index in [-0.39, 0.29) is 35.0 Å². The Labute approximate surface area is 175 Å². The van der Waals surface area contributed by atoms with Gasteiger partial charge in [0.1, 0.15) is 5.69 Å². The Kier molecular flexibility index (Phi) is 5.28. The summed E-state index contributed by atoms with van der Waals surface area (Å²) in [6.07, 6.45) is 2.33. The van der Waals surface area contributed by atoms with Gasteiger partial charge in [-0.25, -0.2) is 4.90 Å². The van der Waals surface area contributed by atoms with Crippen molar-refractivity contribution >= 4 is 28.9 Å². The lowest BCUT2D eigenvalue weighted by Crippen LogP contribution is -2.31. The van der Waals surface area contributed by atoms with Gasteiger partial charge in [0.05, 0.1) is 22.4 Å². The summed E-state index contributed by atoms with van der Waals surface area (Å²) in [5.41, 5.74) is 1.64. The lowest BCUT2D eigenvalue weighted by molar-refractivity contribution is -0.384. The minimum Gasteiger partial charge on any atom is -0.365 e. The van der Waals surface area contributed by atoms with Crippen LogP contribution < -0.4 is 9.80 Å². The monoisotopic (exact) mass is 407 g/mol. The van der Waals surface area contributed by atoms with Gasteiger partial charge in [-0.15, -0.1) is 0 Å². The molecule has 2 fully saturated rings. The number of hydrogen-bond donors (Lipinski definition) is 0. The molecule has 3 atom stereocenters. The summed E-state index contributed by atoms with van der Waals surface area (Å²) in [6, 6.07) is 14.3. The fraction of sp³-hybridized carbons (Fsp3) is 0.391. The largest absolute Gasteiger partial charge is 0.365 e. The second kappa shape index (κ2) is 7.89. The third-order valence-corrected chi connectivity index (χ3v) is 6.28. The molecule has 1 heterocycles. The Morgan fingerprint density at radius 2 is 1.77 bits per heavy atom. The van der Waals surface area contributed by atoms with Crippen LogP contribution in [0.3, 0.4) is 0 Å². The Morgan fingerprint density at radius 1 is 1.07 bits per heavy atom. The Hall–Kier alpha value is -3.22. The minimum atomic E-state index is -0.458. The van der Waals surface area contributed by atoms with E-state index in [1.54, 1.807) is 24.1 Å². The highest BCUT2D eigenvalue weighted by Gasteiger charge is 2.50. The molecule has 2 aromatic rings. The molecule has 2 aromatic carbocycles. The Morgan fingerprint density at radius 3 is 2.47 bits per heavy atom. The number of nitrogens with zero attached hydrogens (tertiary/aromatic N) is 3. The third-order valence-electron chi connectivity index (χ3n) is 6.28. The van der Waals surface area contributed by atoms with Gasteiger partial charge in [-0.05, 0) is 42.9 Å². The molecule has 156 valence electrons. The quantitative estimate of drug-likeness (QED) is 0.422. The molecule has 0 spiro atoms. The van der Waals surface area contributed by atoms with Crippen molar-refractivity contribution in [3.05, 3.63) is 64.2 Å². The molecule has 0 aromatic heterocycles. The molecule has 7 nitrogen and oxygen atoms in total. The Bertz CT molecular complexity index is 991. The van der Waals surface area contributed by atoms with Crippen LogP contribution in [0.2, 0.25) is 0 Å². The van der Waals surface area contributed by atoms with E-state index in [2.05, 4.69) is 6.92 Å². The maximum atomic E-state index is 13.0. The van der Waals surface area contributed by atoms with Crippen LogP contribution in [0.5, 0.6) is 0 Å². The molecule has 4 rings (SSSR count). The van der Waals surface area contributed by atoms with E-state index in [0.717, 1.165) is 12.0 Å². The van der Waals surface area contributed by atoms with Crippen molar-refractivity contribution in [2.24, 2.45) is 17.8 Å². The summed E-state index contributed by atoms with van der Waals surface area (Å²) in [5, 5.41) is 11.8. The first kappa shape index (κ1) is 20.1. The molecular weight excluding hydrogens is 382 g/mol. The van der Waals surface area contributed by atoms with Crippen LogP contribution in [-0.4, -0.2) is 23.8 Å². The van der Waals surface area contributed by atoms with E-state index in [1.807, 2.05) is 30.3 Å². The second-order valence-electron chi connectivity index (χ2n) is 8.41. The maximum Gasteiger partial charge on any atom is 0.294 e. The Balaban J connectivity index is 1.64. The third kappa shape index (κ3) is 3.56. The van der Waals surface area contributed by atoms with Crippen molar-refractivity contribution in [3.63, 3.8) is 0 Å². The summed E-state index contributed by atoms with van der Waals surface area (Å²) in [7, 11) is 1.79. The molecular formula is C23H25N3O4. The molecule has 2 aliphatic rings. The van der Waals surface area contributed by atoms with Gasteiger partial charge in [0.2, 0.25) is 11.8 Å². The summed E-state index contributed by atoms with van der Waals surface area (Å²) in [5.74, 6) is -0.645. The van der Waals surface area contributed by atoms with E-state index < -0.39 is 4.92 Å². The summed E-state index contributed by atoms with van der Waals surface area (Å²) in [6.45, 7) is 2.60. The highest BCUT2D eigenvalue weighted by molar-refractivity contribution is 6.22. The van der Waals surface area contributed by atoms with E-state index in [0.29, 0.717) is 31.0 Å². The molecule has 0 unspecified atom stereocenters. The molecule has 1 saturated carbocycles. The van der Waals surface area contributed by atoms with Crippen LogP contribution in [0, 0.1) is 27.9 Å². The topological polar surface area (TPSA) is 83.8 Å². The number of benzene rings is 2. The van der Waals surface area contributed by atoms with Gasteiger partial charge in [0.15, 0.2) is 0 Å². The van der Waals surface area contributed by atoms with Crippen molar-refractivity contribution in [2.45, 2.75) is 32.7 Å². The van der Waals surface area contributed by atoms with Crippen LogP contribution in [0.15, 0.2) is 48.5 Å². The number of nitro groups is 1. The molecule has 0 N–H and O–H groups in total. The van der Waals surface area contributed by atoms with Gasteiger partial charge in [-0.2, -0.15) is 0 Å². The smallest absolute Gasteiger partial charge is 0.294 e. The lowest BCUT2D eigenvalue weighted by atomic mass is 9.76. The van der Waals surface area contributed by atoms with Crippen molar-refractivity contribution in [2.75, 3.05) is 16.8 Å². The maximum absolute atomic E-state index is 13.0. The van der Waals surface area contributed by atoms with Crippen molar-refractivity contribution in [3.8, 4) is 0 Å². The van der Waals surface area contributed by atoms with E-state index in [1.165, 1.54) is 11.0 Å². The summed E-state index contributed by atoms with van der Waals surface area (Å²) in [4.78, 5) is 40.2. The molecule has 2 amide bonds. The average Bonchev–Trinajstić information content (AvgIpc) is 2.98. The van der Waals surface area contributed by atoms with Crippen LogP contribution in [0.1, 0.15) is 31.7 Å². The van der Waals surface area contributed by atoms with Gasteiger partial charge in [0, 0.05) is 19.7 Å². The lowest BCUT2D eigenvalue weighted by Gasteiger charge is -2.25. The molecule has 1 saturated heterocycles. The molecule has 1 aliphatic heterocycles. The number of amides is 2. The van der Waals surface area contributed by atoms with E-state index in [4.69, 9.17) is 0 Å². The van der Waals surface area contributed by atoms with Gasteiger partial charge in [-0.1, -0.05) is 37.3 Å². The number of hydrogen-bond acceptors (Lipinski definition) is 5. The second-order valence-corrected chi connectivity index (χ2v) is 8.41. The zero-order valence-electron chi connectivity index (χ0n) is 17.2. The van der Waals surface area contributed by atoms with Crippen LogP contribution in [0.25, 0.3) is 0 Å². The highest BCUT2D eigenvalue weighted by Crippen LogP contribution is 2.43. The molecule has 1 aliphatic carbocycles. The van der Waals surface area contributed by atoms with Gasteiger partial charge < -0.3 is 4.90 Å². The summed E-state index contributed by atoms with van der Waals surface area (Å²) >= 11 is 0. The molecule has 7 heteroatoms. The van der Waals surface area contributed by atoms with Crippen molar-refractivity contribution in [1.82, 2.24) is 0 Å². The zero-order chi connectivity index (χ0) is 21.4. The summed E-state index contributed by atoms with van der Waals surface area (Å²) < 4.78 is 0. The predicted molar refractivity (Wildman–Crippen MR) is 114 cm³/mol. The number of carbonyl (C=O) groups excluding carboxylic acids is 2. The van der Waals surface area contributed by atoms with Crippen molar-refractivity contribution < 1.29 is 14.5 Å². The fourth-order valence-electron chi connectivity index (χ4n) is 4.71. The molecule has 0 radical (unpaired) electrons. The number of nitro benzene ring substituents is 1. The van der Waals surface area contributed by atoms with Crippen LogP contribution >= 0.6 is 0 Å². The van der Waals surface area contributed by atoms with Gasteiger partial charge in [0.25, 0.3) is 5.69 Å². The predicted octanol–water partition coefficient (Wildman–Crippen LogP) is 4.16.